The molecule has 2 fully saturated rings. The lowest BCUT2D eigenvalue weighted by Gasteiger charge is -2.39. The molecule has 3 N–H and O–H groups in total. The third kappa shape index (κ3) is 3.58. The molecular weight excluding hydrogens is 372 g/mol. The summed E-state index contributed by atoms with van der Waals surface area (Å²) in [4.78, 5) is 52.5. The molecule has 1 aromatic carbocycles. The molecule has 29 heavy (non-hydrogen) atoms. The van der Waals surface area contributed by atoms with Gasteiger partial charge in [-0.05, 0) is 49.9 Å². The molecule has 2 unspecified atom stereocenters. The Kier molecular flexibility index (Phi) is 5.00. The van der Waals surface area contributed by atoms with Crippen LogP contribution in [0.5, 0.6) is 0 Å². The van der Waals surface area contributed by atoms with E-state index in [0.717, 1.165) is 42.8 Å². The molecule has 0 spiro atoms. The molecule has 0 aliphatic carbocycles. The van der Waals surface area contributed by atoms with Crippen molar-refractivity contribution in [3.05, 3.63) is 34.9 Å². The summed E-state index contributed by atoms with van der Waals surface area (Å²) in [6.07, 6.45) is 3.24. The van der Waals surface area contributed by atoms with E-state index in [2.05, 4.69) is 17.1 Å². The van der Waals surface area contributed by atoms with Crippen molar-refractivity contribution in [3.63, 3.8) is 0 Å². The highest BCUT2D eigenvalue weighted by Crippen LogP contribution is 2.29. The zero-order chi connectivity index (χ0) is 20.8. The van der Waals surface area contributed by atoms with Gasteiger partial charge in [0.05, 0.1) is 11.1 Å². The maximum atomic E-state index is 12.9. The van der Waals surface area contributed by atoms with Crippen LogP contribution < -0.4 is 11.1 Å². The number of amides is 4. The largest absolute Gasteiger partial charge is 0.324 e. The Bertz CT molecular complexity index is 899. The highest BCUT2D eigenvalue weighted by Gasteiger charge is 2.44. The summed E-state index contributed by atoms with van der Waals surface area (Å²) in [5.74, 6) is -1.92. The molecule has 8 nitrogen and oxygen atoms in total. The van der Waals surface area contributed by atoms with Gasteiger partial charge in [-0.25, -0.2) is 0 Å². The average molecular weight is 398 g/mol. The number of likely N-dealkylation sites (tertiary alicyclic amines) is 1. The van der Waals surface area contributed by atoms with Gasteiger partial charge in [0, 0.05) is 25.0 Å². The van der Waals surface area contributed by atoms with Gasteiger partial charge in [0.1, 0.15) is 6.04 Å². The third-order valence-corrected chi connectivity index (χ3v) is 6.30. The van der Waals surface area contributed by atoms with Gasteiger partial charge in [-0.2, -0.15) is 0 Å². The van der Waals surface area contributed by atoms with Crippen molar-refractivity contribution >= 4 is 23.6 Å². The van der Waals surface area contributed by atoms with Crippen molar-refractivity contribution in [2.45, 2.75) is 57.2 Å². The fraction of sp³-hybridized carbons (Fsp3) is 0.524. The van der Waals surface area contributed by atoms with Crippen LogP contribution in [0.2, 0.25) is 0 Å². The molecule has 0 aromatic heterocycles. The zero-order valence-corrected chi connectivity index (χ0v) is 16.6. The summed E-state index contributed by atoms with van der Waals surface area (Å²) in [6, 6.07) is 4.33. The number of nitrogens with two attached hydrogens (primary N) is 1. The molecule has 1 aromatic rings. The number of hydrogen-bond acceptors (Lipinski definition) is 6. The molecule has 0 radical (unpaired) electrons. The Balaban J connectivity index is 1.53. The highest BCUT2D eigenvalue weighted by molar-refractivity contribution is 6.23. The number of carbonyl (C=O) groups excluding carboxylic acids is 4. The second-order valence-corrected chi connectivity index (χ2v) is 8.36. The number of benzene rings is 1. The number of nitrogens with one attached hydrogen (secondary N) is 1. The van der Waals surface area contributed by atoms with Crippen LogP contribution >= 0.6 is 0 Å². The van der Waals surface area contributed by atoms with Gasteiger partial charge in [-0.3, -0.25) is 34.3 Å². The number of piperidine rings is 2. The van der Waals surface area contributed by atoms with E-state index in [1.54, 1.807) is 12.1 Å². The van der Waals surface area contributed by atoms with Gasteiger partial charge in [0.25, 0.3) is 11.8 Å². The first kappa shape index (κ1) is 19.7. The molecule has 4 amide bonds. The molecule has 4 rings (SSSR count). The first-order valence-electron chi connectivity index (χ1n) is 10.2. The van der Waals surface area contributed by atoms with Crippen molar-refractivity contribution < 1.29 is 19.2 Å². The maximum Gasteiger partial charge on any atom is 0.262 e. The van der Waals surface area contributed by atoms with Crippen LogP contribution in [0.4, 0.5) is 0 Å². The molecule has 154 valence electrons. The number of carbonyl (C=O) groups is 4. The molecule has 0 saturated carbocycles. The van der Waals surface area contributed by atoms with Crippen LogP contribution in [-0.4, -0.2) is 58.1 Å². The Morgan fingerprint density at radius 1 is 1.17 bits per heavy atom. The predicted molar refractivity (Wildman–Crippen MR) is 105 cm³/mol. The van der Waals surface area contributed by atoms with Gasteiger partial charge in [-0.15, -0.1) is 0 Å². The van der Waals surface area contributed by atoms with E-state index < -0.39 is 23.8 Å². The summed E-state index contributed by atoms with van der Waals surface area (Å²) >= 11 is 0. The monoisotopic (exact) mass is 398 g/mol. The number of imide groups is 2. The van der Waals surface area contributed by atoms with Crippen LogP contribution in [-0.2, 0) is 16.1 Å². The van der Waals surface area contributed by atoms with Crippen LogP contribution in [0.1, 0.15) is 65.3 Å². The molecule has 3 heterocycles. The van der Waals surface area contributed by atoms with Crippen LogP contribution in [0.3, 0.4) is 0 Å². The number of fused-ring (bicyclic) bond motifs is 1. The highest BCUT2D eigenvalue weighted by atomic mass is 16.2. The predicted octanol–water partition coefficient (Wildman–Crippen LogP) is 0.791. The van der Waals surface area contributed by atoms with Crippen LogP contribution in [0.25, 0.3) is 0 Å². The zero-order valence-electron chi connectivity index (χ0n) is 16.6. The lowest BCUT2D eigenvalue weighted by atomic mass is 9.87. The van der Waals surface area contributed by atoms with E-state index in [1.807, 2.05) is 6.07 Å². The van der Waals surface area contributed by atoms with Crippen LogP contribution in [0.15, 0.2) is 18.2 Å². The van der Waals surface area contributed by atoms with Gasteiger partial charge >= 0.3 is 0 Å². The summed E-state index contributed by atoms with van der Waals surface area (Å²) in [5, 5.41) is 2.21. The normalized spacial score (nSPS) is 27.9. The van der Waals surface area contributed by atoms with E-state index in [9.17, 15) is 19.2 Å². The second-order valence-electron chi connectivity index (χ2n) is 8.36. The topological polar surface area (TPSA) is 113 Å². The number of hydrogen-bond donors (Lipinski definition) is 2. The first-order valence-corrected chi connectivity index (χ1v) is 10.2. The molecule has 0 bridgehead atoms. The molecule has 3 aliphatic rings. The fourth-order valence-corrected chi connectivity index (χ4v) is 4.56. The van der Waals surface area contributed by atoms with Gasteiger partial charge in [0.15, 0.2) is 0 Å². The second kappa shape index (κ2) is 7.35. The first-order chi connectivity index (χ1) is 13.8. The smallest absolute Gasteiger partial charge is 0.262 e. The van der Waals surface area contributed by atoms with Crippen molar-refractivity contribution in [3.8, 4) is 0 Å². The van der Waals surface area contributed by atoms with E-state index in [1.165, 1.54) is 0 Å². The standard InChI is InChI=1S/C21H26N4O4/c1-2-21(22)8-3-9-24(12-21)11-13-4-5-14-15(10-13)20(29)25(19(14)28)16-6-7-17(26)23-18(16)27/h4-5,10,16H,2-3,6-9,11-12,22H2,1H3,(H,23,26,27). The average Bonchev–Trinajstić information content (AvgIpc) is 2.93. The Hall–Kier alpha value is -2.58. The van der Waals surface area contributed by atoms with Gasteiger partial charge in [-0.1, -0.05) is 13.0 Å². The van der Waals surface area contributed by atoms with Crippen molar-refractivity contribution in [1.29, 1.82) is 0 Å². The molecule has 3 aliphatic heterocycles. The maximum absolute atomic E-state index is 12.9. The Labute approximate surface area is 169 Å². The lowest BCUT2D eigenvalue weighted by Crippen LogP contribution is -2.54. The summed E-state index contributed by atoms with van der Waals surface area (Å²) < 4.78 is 0. The van der Waals surface area contributed by atoms with E-state index >= 15 is 0 Å². The summed E-state index contributed by atoms with van der Waals surface area (Å²) in [7, 11) is 0. The van der Waals surface area contributed by atoms with Crippen LogP contribution in [0, 0.1) is 0 Å². The lowest BCUT2D eigenvalue weighted by molar-refractivity contribution is -0.136. The summed E-state index contributed by atoms with van der Waals surface area (Å²) in [5.41, 5.74) is 7.84. The third-order valence-electron chi connectivity index (χ3n) is 6.30. The quantitative estimate of drug-likeness (QED) is 0.725. The number of rotatable bonds is 4. The van der Waals surface area contributed by atoms with Crippen molar-refractivity contribution in [1.82, 2.24) is 15.1 Å². The molecular formula is C21H26N4O4. The minimum Gasteiger partial charge on any atom is -0.324 e. The SMILES string of the molecule is CCC1(N)CCCN(Cc2ccc3c(c2)C(=O)N(C2CCC(=O)NC2=O)C3=O)C1. The van der Waals surface area contributed by atoms with Crippen molar-refractivity contribution in [2.75, 3.05) is 13.1 Å². The fourth-order valence-electron chi connectivity index (χ4n) is 4.56. The minimum absolute atomic E-state index is 0.113. The Morgan fingerprint density at radius 2 is 1.93 bits per heavy atom. The summed E-state index contributed by atoms with van der Waals surface area (Å²) in [6.45, 7) is 4.51. The minimum atomic E-state index is -0.937. The molecule has 2 saturated heterocycles. The van der Waals surface area contributed by atoms with E-state index in [0.29, 0.717) is 17.7 Å². The number of nitrogens with zero attached hydrogens (tertiary/aromatic N) is 2. The molecule has 8 heteroatoms. The molecule has 2 atom stereocenters. The van der Waals surface area contributed by atoms with Gasteiger partial charge < -0.3 is 5.73 Å². The Morgan fingerprint density at radius 3 is 2.66 bits per heavy atom. The van der Waals surface area contributed by atoms with Gasteiger partial charge in [0.2, 0.25) is 11.8 Å². The van der Waals surface area contributed by atoms with E-state index in [-0.39, 0.29) is 24.3 Å². The van der Waals surface area contributed by atoms with E-state index in [4.69, 9.17) is 5.73 Å². The van der Waals surface area contributed by atoms with Crippen molar-refractivity contribution in [2.24, 2.45) is 5.73 Å².